The van der Waals surface area contributed by atoms with Crippen molar-refractivity contribution < 1.29 is 18.0 Å². The fraction of sp³-hybridized carbons (Fsp3) is 0.581. The van der Waals surface area contributed by atoms with Crippen LogP contribution in [0.25, 0.3) is 5.65 Å². The Morgan fingerprint density at radius 2 is 2.02 bits per heavy atom. The molecule has 3 atom stereocenters. The zero-order valence-electron chi connectivity index (χ0n) is 27.8. The summed E-state index contributed by atoms with van der Waals surface area (Å²) in [7, 11) is 0. The van der Waals surface area contributed by atoms with Crippen LogP contribution in [0.15, 0.2) is 35.1 Å². The van der Waals surface area contributed by atoms with Crippen LogP contribution < -0.4 is 15.9 Å². The van der Waals surface area contributed by atoms with Crippen LogP contribution in [0.4, 0.5) is 10.1 Å². The van der Waals surface area contributed by atoms with Crippen LogP contribution in [-0.2, 0) is 28.3 Å². The third kappa shape index (κ3) is 5.39. The molecule has 0 bridgehead atoms. The maximum Gasteiger partial charge on any atom is 0.350 e. The topological polar surface area (TPSA) is 87.3 Å². The summed E-state index contributed by atoms with van der Waals surface area (Å²) in [5, 5.41) is 7.85. The van der Waals surface area contributed by atoms with Crippen LogP contribution >= 0.6 is 0 Å². The molecule has 2 aromatic heterocycles. The Bertz CT molecular complexity index is 1640. The van der Waals surface area contributed by atoms with Crippen molar-refractivity contribution in [2.75, 3.05) is 57.4 Å². The zero-order chi connectivity index (χ0) is 32.3. The summed E-state index contributed by atoms with van der Waals surface area (Å²) in [6, 6.07) is 8.52. The van der Waals surface area contributed by atoms with E-state index in [0.717, 1.165) is 31.7 Å². The number of nitrogens with one attached hydrogen (secondary N) is 1. The number of aryl methyl sites for hydroxylation is 1. The second-order valence-electron chi connectivity index (χ2n) is 12.7. The predicted octanol–water partition coefficient (Wildman–Crippen LogP) is 1.77. The third-order valence-electron chi connectivity index (χ3n) is 8.95. The number of fused-ring (bicyclic) bond motifs is 3. The Balaban J connectivity index is 1.38. The molecule has 0 saturated carbocycles. The van der Waals surface area contributed by atoms with Crippen LogP contribution in [0.2, 0.25) is 0 Å². The highest BCUT2D eigenvalue weighted by Crippen LogP contribution is 2.41. The molecule has 0 unspecified atom stereocenters. The summed E-state index contributed by atoms with van der Waals surface area (Å²) in [6.45, 7) is 10.5. The van der Waals surface area contributed by atoms with Crippen LogP contribution in [0.5, 0.6) is 0 Å². The van der Waals surface area contributed by atoms with Gasteiger partial charge in [0.25, 0.3) is 0 Å². The summed E-state index contributed by atoms with van der Waals surface area (Å²) in [6.07, 6.45) is 0.270. The lowest BCUT2D eigenvalue weighted by molar-refractivity contribution is -0.121. The highest BCUT2D eigenvalue weighted by Gasteiger charge is 2.43. The highest BCUT2D eigenvalue weighted by atomic mass is 19.1. The fourth-order valence-corrected chi connectivity index (χ4v) is 6.74. The summed E-state index contributed by atoms with van der Waals surface area (Å²) in [5.74, 6) is -0.456. The van der Waals surface area contributed by atoms with Gasteiger partial charge in [-0.15, -0.1) is 5.10 Å². The molecule has 3 aliphatic rings. The molecule has 226 valence electrons. The molecule has 6 rings (SSSR count). The van der Waals surface area contributed by atoms with Crippen molar-refractivity contribution in [3.05, 3.63) is 63.5 Å². The van der Waals surface area contributed by atoms with E-state index in [9.17, 15) is 14.0 Å². The van der Waals surface area contributed by atoms with E-state index in [2.05, 4.69) is 34.1 Å². The molecule has 1 aromatic carbocycles. The van der Waals surface area contributed by atoms with Crippen molar-refractivity contribution in [1.82, 2.24) is 29.3 Å². The van der Waals surface area contributed by atoms with E-state index in [0.29, 0.717) is 47.4 Å². The Hall–Kier alpha value is -3.12. The first kappa shape index (κ1) is 25.4. The van der Waals surface area contributed by atoms with E-state index in [4.69, 9.17) is 8.85 Å². The molecule has 3 aromatic rings. The standard InChI is InChI=1S/C31H42FN7O3/c1-20-15-37(25(14-33-20)16-36-10-11-42-18-21(36)2)17-27(40)38-19-31(3,4)28-26(38)13-23(12-22-6-8-24(32)9-7-22)29-34-35(5)30(41)39(28)29/h6-9,13,20-21,25,33H,10-12,14-19H2,1-5H3/t20-,21-,25-/m1/s1/i5D3. The molecule has 5 heterocycles. The normalized spacial score (nSPS) is 26.2. The lowest BCUT2D eigenvalue weighted by atomic mass is 9.90. The number of hydrogen-bond acceptors (Lipinski definition) is 7. The lowest BCUT2D eigenvalue weighted by Crippen LogP contribution is -2.62. The second-order valence-corrected chi connectivity index (χ2v) is 12.7. The quantitative estimate of drug-likeness (QED) is 0.474. The number of pyridine rings is 1. The first-order valence-corrected chi connectivity index (χ1v) is 14.8. The second kappa shape index (κ2) is 11.2. The van der Waals surface area contributed by atoms with Gasteiger partial charge in [-0.3, -0.25) is 14.6 Å². The number of halogens is 1. The van der Waals surface area contributed by atoms with Crippen molar-refractivity contribution in [2.24, 2.45) is 6.98 Å². The van der Waals surface area contributed by atoms with Gasteiger partial charge in [-0.1, -0.05) is 26.0 Å². The number of amides is 1. The molecule has 0 aliphatic carbocycles. The largest absolute Gasteiger partial charge is 0.379 e. The minimum atomic E-state index is -2.78. The Kier molecular flexibility index (Phi) is 6.76. The molecular weight excluding hydrogens is 537 g/mol. The number of benzene rings is 1. The Morgan fingerprint density at radius 1 is 1.24 bits per heavy atom. The number of carbonyl (C=O) groups is 1. The smallest absolute Gasteiger partial charge is 0.350 e. The van der Waals surface area contributed by atoms with Gasteiger partial charge in [0.1, 0.15) is 5.82 Å². The maximum atomic E-state index is 14.3. The molecule has 1 amide bonds. The van der Waals surface area contributed by atoms with Gasteiger partial charge >= 0.3 is 5.69 Å². The number of anilines is 1. The van der Waals surface area contributed by atoms with Crippen LogP contribution in [0.3, 0.4) is 0 Å². The van der Waals surface area contributed by atoms with E-state index < -0.39 is 18.1 Å². The molecule has 0 spiro atoms. The minimum Gasteiger partial charge on any atom is -0.379 e. The molecule has 10 nitrogen and oxygen atoms in total. The lowest BCUT2D eigenvalue weighted by Gasteiger charge is -2.43. The summed E-state index contributed by atoms with van der Waals surface area (Å²) >= 11 is 0. The van der Waals surface area contributed by atoms with E-state index in [-0.39, 0.29) is 42.4 Å². The first-order valence-electron chi connectivity index (χ1n) is 16.3. The summed E-state index contributed by atoms with van der Waals surface area (Å²) in [5.41, 5.74) is 1.25. The maximum absolute atomic E-state index is 14.3. The summed E-state index contributed by atoms with van der Waals surface area (Å²) in [4.78, 5) is 34.4. The van der Waals surface area contributed by atoms with Gasteiger partial charge in [0.2, 0.25) is 5.91 Å². The molecule has 1 N–H and O–H groups in total. The molecule has 2 saturated heterocycles. The van der Waals surface area contributed by atoms with Gasteiger partial charge in [0.15, 0.2) is 5.65 Å². The number of carbonyl (C=O) groups excluding carboxylic acids is 1. The third-order valence-corrected chi connectivity index (χ3v) is 8.95. The number of morpholine rings is 1. The van der Waals surface area contributed by atoms with E-state index in [1.807, 2.05) is 19.9 Å². The van der Waals surface area contributed by atoms with Gasteiger partial charge in [-0.25, -0.2) is 18.3 Å². The summed E-state index contributed by atoms with van der Waals surface area (Å²) < 4.78 is 45.0. The average molecular weight is 583 g/mol. The highest BCUT2D eigenvalue weighted by molar-refractivity contribution is 5.97. The Labute approximate surface area is 250 Å². The van der Waals surface area contributed by atoms with Gasteiger partial charge in [0, 0.05) is 79.3 Å². The van der Waals surface area contributed by atoms with Crippen molar-refractivity contribution in [3.8, 4) is 0 Å². The minimum absolute atomic E-state index is 0.0840. The van der Waals surface area contributed by atoms with Crippen LogP contribution in [0, 0.1) is 5.82 Å². The molecular formula is C31H42FN7O3. The molecule has 11 heteroatoms. The first-order chi connectivity index (χ1) is 21.2. The van der Waals surface area contributed by atoms with Crippen LogP contribution in [-0.4, -0.2) is 100 Å². The number of piperazine rings is 1. The van der Waals surface area contributed by atoms with E-state index >= 15 is 0 Å². The van der Waals surface area contributed by atoms with Crippen molar-refractivity contribution in [2.45, 2.75) is 57.7 Å². The molecule has 42 heavy (non-hydrogen) atoms. The number of nitrogens with zero attached hydrogens (tertiary/aromatic N) is 6. The van der Waals surface area contributed by atoms with Gasteiger partial charge in [-0.05, 0) is 37.6 Å². The number of hydrogen-bond donors (Lipinski definition) is 1. The predicted molar refractivity (Wildman–Crippen MR) is 160 cm³/mol. The average Bonchev–Trinajstić information content (AvgIpc) is 3.46. The van der Waals surface area contributed by atoms with Crippen molar-refractivity contribution in [1.29, 1.82) is 0 Å². The molecule has 0 radical (unpaired) electrons. The van der Waals surface area contributed by atoms with Crippen molar-refractivity contribution in [3.63, 3.8) is 0 Å². The van der Waals surface area contributed by atoms with Crippen molar-refractivity contribution >= 4 is 17.2 Å². The zero-order valence-corrected chi connectivity index (χ0v) is 24.8. The van der Waals surface area contributed by atoms with Gasteiger partial charge in [-0.2, -0.15) is 0 Å². The molecule has 3 aliphatic heterocycles. The van der Waals surface area contributed by atoms with E-state index in [1.165, 1.54) is 16.5 Å². The number of rotatable bonds is 6. The molecule has 2 fully saturated rings. The Morgan fingerprint density at radius 3 is 2.76 bits per heavy atom. The SMILES string of the molecule is [2H]C([2H])([2H])n1nc2c(Cc3ccc(F)cc3)cc3c(n2c1=O)C(C)(C)CN3C(=O)CN1C[C@@H](C)NC[C@@H]1CN1CCOC[C@H]1C. The van der Waals surface area contributed by atoms with Crippen LogP contribution in [0.1, 0.15) is 48.6 Å². The monoisotopic (exact) mass is 582 g/mol. The van der Waals surface area contributed by atoms with Gasteiger partial charge < -0.3 is 15.0 Å². The fourth-order valence-electron chi connectivity index (χ4n) is 6.74. The van der Waals surface area contributed by atoms with E-state index in [1.54, 1.807) is 17.0 Å². The number of aromatic nitrogens is 3. The van der Waals surface area contributed by atoms with Gasteiger partial charge in [0.05, 0.1) is 31.1 Å². The number of ether oxygens (including phenoxy) is 1.